The van der Waals surface area contributed by atoms with Crippen molar-refractivity contribution in [3.8, 4) is 0 Å². The van der Waals surface area contributed by atoms with Crippen LogP contribution in [0.4, 0.5) is 11.8 Å². The normalized spacial score (nSPS) is 12.7. The molecule has 4 rings (SSSR count). The number of nitrogens with one attached hydrogen (secondary N) is 3. The minimum absolute atomic E-state index is 0.00575. The maximum atomic E-state index is 9.55. The van der Waals surface area contributed by atoms with Crippen LogP contribution >= 0.6 is 23.2 Å². The number of benzene rings is 1. The van der Waals surface area contributed by atoms with Crippen LogP contribution < -0.4 is 10.6 Å². The molecule has 1 aromatic carbocycles. The Bertz CT molecular complexity index is 1180. The van der Waals surface area contributed by atoms with Gasteiger partial charge in [0, 0.05) is 6.04 Å². The predicted molar refractivity (Wildman–Crippen MR) is 124 cm³/mol. The van der Waals surface area contributed by atoms with Gasteiger partial charge in [0.1, 0.15) is 5.82 Å². The number of aromatic nitrogens is 6. The molecule has 0 amide bonds. The van der Waals surface area contributed by atoms with Gasteiger partial charge in [0.25, 0.3) is 0 Å². The summed E-state index contributed by atoms with van der Waals surface area (Å²) >= 11 is 12.2. The number of hydrogen-bond donors (Lipinski definition) is 4. The van der Waals surface area contributed by atoms with Crippen LogP contribution in [0.3, 0.4) is 0 Å². The summed E-state index contributed by atoms with van der Waals surface area (Å²) in [6.07, 6.45) is 2.50. The zero-order chi connectivity index (χ0) is 22.1. The molecular weight excluding hydrogens is 439 g/mol. The maximum absolute atomic E-state index is 9.55. The van der Waals surface area contributed by atoms with Gasteiger partial charge in [0.05, 0.1) is 46.6 Å². The van der Waals surface area contributed by atoms with E-state index in [9.17, 15) is 5.11 Å². The number of imidazole rings is 2. The molecule has 0 bridgehead atoms. The van der Waals surface area contributed by atoms with E-state index < -0.39 is 0 Å². The molecule has 0 saturated heterocycles. The first kappa shape index (κ1) is 21.6. The van der Waals surface area contributed by atoms with E-state index in [1.54, 1.807) is 18.5 Å². The lowest BCUT2D eigenvalue weighted by Gasteiger charge is -2.16. The highest BCUT2D eigenvalue weighted by atomic mass is 35.5. The van der Waals surface area contributed by atoms with Crippen LogP contribution in [0.25, 0.3) is 22.2 Å². The van der Waals surface area contributed by atoms with Crippen LogP contribution in [0.2, 0.25) is 10.0 Å². The Morgan fingerprint density at radius 2 is 1.94 bits per heavy atom. The summed E-state index contributed by atoms with van der Waals surface area (Å²) in [7, 11) is 0. The minimum Gasteiger partial charge on any atom is -0.394 e. The van der Waals surface area contributed by atoms with Gasteiger partial charge in [0.15, 0.2) is 17.0 Å². The molecule has 0 fully saturated rings. The van der Waals surface area contributed by atoms with Crippen molar-refractivity contribution in [1.82, 2.24) is 29.5 Å². The molecule has 3 aromatic heterocycles. The molecule has 0 aliphatic rings. The summed E-state index contributed by atoms with van der Waals surface area (Å²) in [5.41, 5.74) is 2.92. The molecule has 3 heterocycles. The van der Waals surface area contributed by atoms with Crippen molar-refractivity contribution < 1.29 is 5.11 Å². The number of H-pyrrole nitrogens is 1. The van der Waals surface area contributed by atoms with Crippen LogP contribution in [-0.4, -0.2) is 47.2 Å². The SMILES string of the molecule is CCC(CO)Nc1nc(NCc2nc3cc(Cl)c(Cl)cc3[nH]2)c2ncn(C(C)C)c2n1. The van der Waals surface area contributed by atoms with Gasteiger partial charge in [-0.25, -0.2) is 9.97 Å². The first-order valence-corrected chi connectivity index (χ1v) is 10.8. The molecule has 1 atom stereocenters. The Hall–Kier alpha value is -2.62. The second-order valence-corrected chi connectivity index (χ2v) is 8.38. The molecule has 0 spiro atoms. The molecule has 0 aliphatic carbocycles. The van der Waals surface area contributed by atoms with Crippen molar-refractivity contribution >= 4 is 57.2 Å². The van der Waals surface area contributed by atoms with Crippen molar-refractivity contribution in [2.24, 2.45) is 0 Å². The third-order valence-electron chi connectivity index (χ3n) is 5.02. The van der Waals surface area contributed by atoms with Gasteiger partial charge in [-0.1, -0.05) is 30.1 Å². The fraction of sp³-hybridized carbons (Fsp3) is 0.400. The highest BCUT2D eigenvalue weighted by Gasteiger charge is 2.17. The van der Waals surface area contributed by atoms with E-state index in [-0.39, 0.29) is 18.7 Å². The Balaban J connectivity index is 1.67. The van der Waals surface area contributed by atoms with Gasteiger partial charge in [-0.2, -0.15) is 9.97 Å². The summed E-state index contributed by atoms with van der Waals surface area (Å²) < 4.78 is 1.98. The Kier molecular flexibility index (Phi) is 6.17. The fourth-order valence-corrected chi connectivity index (χ4v) is 3.57. The molecule has 164 valence electrons. The lowest BCUT2D eigenvalue weighted by Crippen LogP contribution is -2.24. The van der Waals surface area contributed by atoms with Gasteiger partial charge >= 0.3 is 0 Å². The highest BCUT2D eigenvalue weighted by molar-refractivity contribution is 6.42. The molecule has 1 unspecified atom stereocenters. The minimum atomic E-state index is -0.134. The number of rotatable bonds is 8. The van der Waals surface area contributed by atoms with E-state index >= 15 is 0 Å². The van der Waals surface area contributed by atoms with Crippen LogP contribution in [0.15, 0.2) is 18.5 Å². The number of anilines is 2. The van der Waals surface area contributed by atoms with Gasteiger partial charge in [-0.3, -0.25) is 0 Å². The topological polar surface area (TPSA) is 117 Å². The van der Waals surface area contributed by atoms with Gasteiger partial charge < -0.3 is 25.3 Å². The summed E-state index contributed by atoms with van der Waals surface area (Å²) in [5.74, 6) is 1.72. The number of fused-ring (bicyclic) bond motifs is 2. The van der Waals surface area contributed by atoms with E-state index in [0.717, 1.165) is 17.5 Å². The van der Waals surface area contributed by atoms with Crippen molar-refractivity contribution in [2.45, 2.75) is 45.8 Å². The van der Waals surface area contributed by atoms with Crippen LogP contribution in [0, 0.1) is 0 Å². The first-order valence-electron chi connectivity index (χ1n) is 10.1. The van der Waals surface area contributed by atoms with Gasteiger partial charge in [-0.15, -0.1) is 0 Å². The maximum Gasteiger partial charge on any atom is 0.227 e. The van der Waals surface area contributed by atoms with Crippen LogP contribution in [-0.2, 0) is 6.54 Å². The van der Waals surface area contributed by atoms with E-state index in [1.165, 1.54) is 0 Å². The van der Waals surface area contributed by atoms with Crippen molar-refractivity contribution in [1.29, 1.82) is 0 Å². The van der Waals surface area contributed by atoms with Gasteiger partial charge in [-0.05, 0) is 32.4 Å². The molecule has 0 radical (unpaired) electrons. The smallest absolute Gasteiger partial charge is 0.227 e. The Morgan fingerprint density at radius 3 is 2.65 bits per heavy atom. The largest absolute Gasteiger partial charge is 0.394 e. The molecular formula is C20H24Cl2N8O. The summed E-state index contributed by atoms with van der Waals surface area (Å²) in [6.45, 7) is 6.51. The van der Waals surface area contributed by atoms with E-state index in [1.807, 2.05) is 11.5 Å². The average Bonchev–Trinajstić information content (AvgIpc) is 3.34. The van der Waals surface area contributed by atoms with Crippen molar-refractivity contribution in [2.75, 3.05) is 17.2 Å². The molecule has 31 heavy (non-hydrogen) atoms. The second kappa shape index (κ2) is 8.86. The molecule has 9 nitrogen and oxygen atoms in total. The average molecular weight is 463 g/mol. The fourth-order valence-electron chi connectivity index (χ4n) is 3.25. The standard InChI is InChI=1S/C20H24Cl2N8O/c1-4-11(8-31)25-20-28-18(17-19(29-20)30(9-24-17)10(2)3)23-7-16-26-14-5-12(21)13(22)6-15(14)27-16/h5-6,9-11,31H,4,7-8H2,1-3H3,(H,26,27)(H2,23,25,28,29). The van der Waals surface area contributed by atoms with Crippen molar-refractivity contribution in [3.63, 3.8) is 0 Å². The number of halogens is 2. The Morgan fingerprint density at radius 1 is 1.16 bits per heavy atom. The monoisotopic (exact) mass is 462 g/mol. The van der Waals surface area contributed by atoms with E-state index in [0.29, 0.717) is 45.3 Å². The lowest BCUT2D eigenvalue weighted by molar-refractivity contribution is 0.271. The molecule has 0 aliphatic heterocycles. The van der Waals surface area contributed by atoms with Gasteiger partial charge in [0.2, 0.25) is 5.95 Å². The molecule has 0 saturated carbocycles. The number of hydrogen-bond acceptors (Lipinski definition) is 7. The highest BCUT2D eigenvalue weighted by Crippen LogP contribution is 2.27. The quantitative estimate of drug-likeness (QED) is 0.306. The summed E-state index contributed by atoms with van der Waals surface area (Å²) in [5, 5.41) is 17.0. The molecule has 4 aromatic rings. The first-order chi connectivity index (χ1) is 14.9. The summed E-state index contributed by atoms with van der Waals surface area (Å²) in [6, 6.07) is 3.54. The zero-order valence-corrected chi connectivity index (χ0v) is 19.0. The van der Waals surface area contributed by atoms with Crippen LogP contribution in [0.1, 0.15) is 39.1 Å². The van der Waals surface area contributed by atoms with Crippen molar-refractivity contribution in [3.05, 3.63) is 34.3 Å². The second-order valence-electron chi connectivity index (χ2n) is 7.57. The molecule has 11 heteroatoms. The van der Waals surface area contributed by atoms with Crippen LogP contribution in [0.5, 0.6) is 0 Å². The number of aliphatic hydroxyl groups excluding tert-OH is 1. The van der Waals surface area contributed by atoms with E-state index in [2.05, 4.69) is 49.4 Å². The Labute approximate surface area is 189 Å². The zero-order valence-electron chi connectivity index (χ0n) is 17.4. The number of aromatic amines is 1. The summed E-state index contributed by atoms with van der Waals surface area (Å²) in [4.78, 5) is 21.5. The lowest BCUT2D eigenvalue weighted by atomic mass is 10.2. The predicted octanol–water partition coefficient (Wildman–Crippen LogP) is 4.39. The third-order valence-corrected chi connectivity index (χ3v) is 5.74. The number of nitrogens with zero attached hydrogens (tertiary/aromatic N) is 5. The molecule has 4 N–H and O–H groups in total. The third kappa shape index (κ3) is 4.39. The van der Waals surface area contributed by atoms with E-state index in [4.69, 9.17) is 23.2 Å². The number of aliphatic hydroxyl groups is 1.